The topological polar surface area (TPSA) is 80.6 Å². The summed E-state index contributed by atoms with van der Waals surface area (Å²) in [6, 6.07) is 11.9. The molecule has 2 rings (SSSR count). The third-order valence-electron chi connectivity index (χ3n) is 3.46. The number of hydrogen-bond donors (Lipinski definition) is 1. The van der Waals surface area contributed by atoms with Crippen molar-refractivity contribution in [3.8, 4) is 23.3 Å². The molecule has 0 fully saturated rings. The van der Waals surface area contributed by atoms with Crippen LogP contribution in [0.25, 0.3) is 6.08 Å². The fourth-order valence-electron chi connectivity index (χ4n) is 2.24. The average molecular weight is 373 g/mol. The van der Waals surface area contributed by atoms with E-state index in [9.17, 15) is 10.1 Å². The van der Waals surface area contributed by atoms with Gasteiger partial charge in [-0.05, 0) is 35.9 Å². The Hall–Kier alpha value is -3.17. The molecule has 0 spiro atoms. The quantitative estimate of drug-likeness (QED) is 0.614. The van der Waals surface area contributed by atoms with Gasteiger partial charge in [-0.1, -0.05) is 17.7 Å². The highest BCUT2D eigenvalue weighted by Gasteiger charge is 2.13. The molecule has 0 saturated carbocycles. The van der Waals surface area contributed by atoms with Gasteiger partial charge in [0.25, 0.3) is 5.91 Å². The van der Waals surface area contributed by atoms with Gasteiger partial charge < -0.3 is 19.5 Å². The largest absolute Gasteiger partial charge is 0.497 e. The maximum absolute atomic E-state index is 12.4. The number of nitrogens with one attached hydrogen (secondary N) is 1. The molecule has 0 aromatic heterocycles. The predicted molar refractivity (Wildman–Crippen MR) is 99.8 cm³/mol. The van der Waals surface area contributed by atoms with Crippen LogP contribution in [0.2, 0.25) is 5.02 Å². The van der Waals surface area contributed by atoms with Gasteiger partial charge in [-0.25, -0.2) is 0 Å². The zero-order valence-electron chi connectivity index (χ0n) is 14.5. The van der Waals surface area contributed by atoms with E-state index < -0.39 is 5.91 Å². The van der Waals surface area contributed by atoms with Gasteiger partial charge in [-0.2, -0.15) is 5.26 Å². The smallest absolute Gasteiger partial charge is 0.266 e. The van der Waals surface area contributed by atoms with E-state index in [4.69, 9.17) is 25.8 Å². The normalized spacial score (nSPS) is 10.7. The number of ether oxygens (including phenoxy) is 3. The van der Waals surface area contributed by atoms with Gasteiger partial charge in [0.2, 0.25) is 0 Å². The predicted octanol–water partition coefficient (Wildman–Crippen LogP) is 3.91. The molecule has 6 nitrogen and oxygen atoms in total. The van der Waals surface area contributed by atoms with Crippen molar-refractivity contribution in [3.63, 3.8) is 0 Å². The highest BCUT2D eigenvalue weighted by Crippen LogP contribution is 2.36. The zero-order chi connectivity index (χ0) is 19.1. The number of nitriles is 1. The standard InChI is InChI=1S/C19H17ClN2O4/c1-24-15-6-4-5-14(10-15)22-19(23)13(11-21)7-12-8-16(20)18(26-3)17(9-12)25-2/h4-10H,1-3H3,(H,22,23)/b13-7+. The SMILES string of the molecule is COc1cccc(NC(=O)/C(C#N)=C/c2cc(Cl)c(OC)c(OC)c2)c1. The summed E-state index contributed by atoms with van der Waals surface area (Å²) in [4.78, 5) is 12.4. The van der Waals surface area contributed by atoms with E-state index in [0.29, 0.717) is 33.5 Å². The van der Waals surface area contributed by atoms with E-state index in [-0.39, 0.29) is 5.57 Å². The van der Waals surface area contributed by atoms with Crippen LogP contribution in [0.3, 0.4) is 0 Å². The van der Waals surface area contributed by atoms with Crippen molar-refractivity contribution < 1.29 is 19.0 Å². The summed E-state index contributed by atoms with van der Waals surface area (Å²) < 4.78 is 15.5. The summed E-state index contributed by atoms with van der Waals surface area (Å²) >= 11 is 6.15. The first-order valence-electron chi connectivity index (χ1n) is 7.51. The van der Waals surface area contributed by atoms with Crippen molar-refractivity contribution >= 4 is 29.3 Å². The molecule has 2 aromatic rings. The second-order valence-electron chi connectivity index (χ2n) is 5.09. The Morgan fingerprint density at radius 2 is 1.92 bits per heavy atom. The van der Waals surface area contributed by atoms with E-state index >= 15 is 0 Å². The first-order chi connectivity index (χ1) is 12.5. The van der Waals surface area contributed by atoms with Crippen LogP contribution < -0.4 is 19.5 Å². The number of halogens is 1. The molecule has 1 amide bonds. The second kappa shape index (κ2) is 8.79. The van der Waals surface area contributed by atoms with Gasteiger partial charge in [0.15, 0.2) is 11.5 Å². The number of methoxy groups -OCH3 is 3. The number of hydrogen-bond acceptors (Lipinski definition) is 5. The van der Waals surface area contributed by atoms with Crippen LogP contribution in [0.4, 0.5) is 5.69 Å². The first-order valence-corrected chi connectivity index (χ1v) is 7.89. The Bertz CT molecular complexity index is 888. The van der Waals surface area contributed by atoms with Crippen LogP contribution in [-0.4, -0.2) is 27.2 Å². The molecule has 0 aliphatic carbocycles. The molecule has 0 aliphatic rings. The Morgan fingerprint density at radius 1 is 1.15 bits per heavy atom. The number of rotatable bonds is 6. The molecule has 0 bridgehead atoms. The minimum Gasteiger partial charge on any atom is -0.497 e. The van der Waals surface area contributed by atoms with E-state index in [1.165, 1.54) is 27.4 Å². The van der Waals surface area contributed by atoms with Crippen LogP contribution in [0.1, 0.15) is 5.56 Å². The van der Waals surface area contributed by atoms with Gasteiger partial charge in [0, 0.05) is 11.8 Å². The zero-order valence-corrected chi connectivity index (χ0v) is 15.3. The second-order valence-corrected chi connectivity index (χ2v) is 5.50. The van der Waals surface area contributed by atoms with Gasteiger partial charge in [-0.15, -0.1) is 0 Å². The van der Waals surface area contributed by atoms with E-state index in [1.807, 2.05) is 6.07 Å². The molecular weight excluding hydrogens is 356 g/mol. The molecule has 134 valence electrons. The van der Waals surface area contributed by atoms with E-state index in [1.54, 1.807) is 36.4 Å². The first kappa shape index (κ1) is 19.2. The molecule has 0 saturated heterocycles. The number of carbonyl (C=O) groups excluding carboxylic acids is 1. The van der Waals surface area contributed by atoms with Gasteiger partial charge in [0.05, 0.1) is 26.4 Å². The highest BCUT2D eigenvalue weighted by atomic mass is 35.5. The van der Waals surface area contributed by atoms with Crippen LogP contribution in [-0.2, 0) is 4.79 Å². The maximum Gasteiger partial charge on any atom is 0.266 e. The van der Waals surface area contributed by atoms with Gasteiger partial charge in [-0.3, -0.25) is 4.79 Å². The van der Waals surface area contributed by atoms with Crippen LogP contribution in [0.15, 0.2) is 42.0 Å². The minimum atomic E-state index is -0.549. The lowest BCUT2D eigenvalue weighted by Crippen LogP contribution is -2.13. The summed E-state index contributed by atoms with van der Waals surface area (Å²) in [6.45, 7) is 0. The van der Waals surface area contributed by atoms with Crippen LogP contribution >= 0.6 is 11.6 Å². The third-order valence-corrected chi connectivity index (χ3v) is 3.74. The number of carbonyl (C=O) groups is 1. The molecule has 0 aliphatic heterocycles. The molecule has 26 heavy (non-hydrogen) atoms. The van der Waals surface area contributed by atoms with Crippen LogP contribution in [0, 0.1) is 11.3 Å². The highest BCUT2D eigenvalue weighted by molar-refractivity contribution is 6.32. The summed E-state index contributed by atoms with van der Waals surface area (Å²) in [6.07, 6.45) is 1.42. The number of amides is 1. The van der Waals surface area contributed by atoms with Crippen molar-refractivity contribution in [1.82, 2.24) is 0 Å². The van der Waals surface area contributed by atoms with Crippen molar-refractivity contribution in [2.75, 3.05) is 26.6 Å². The number of benzene rings is 2. The fourth-order valence-corrected chi connectivity index (χ4v) is 2.53. The summed E-state index contributed by atoms with van der Waals surface area (Å²) in [5.74, 6) is 0.825. The molecule has 0 heterocycles. The Morgan fingerprint density at radius 3 is 2.54 bits per heavy atom. The molecule has 1 N–H and O–H groups in total. The summed E-state index contributed by atoms with van der Waals surface area (Å²) in [5, 5.41) is 12.3. The molecule has 0 radical (unpaired) electrons. The Balaban J connectivity index is 2.31. The maximum atomic E-state index is 12.4. The molecule has 7 heteroatoms. The molecule has 2 aromatic carbocycles. The minimum absolute atomic E-state index is 0.0869. The lowest BCUT2D eigenvalue weighted by atomic mass is 10.1. The van der Waals surface area contributed by atoms with E-state index in [2.05, 4.69) is 5.32 Å². The lowest BCUT2D eigenvalue weighted by Gasteiger charge is -2.10. The Labute approximate surface area is 156 Å². The Kier molecular flexibility index (Phi) is 6.48. The van der Waals surface area contributed by atoms with Crippen molar-refractivity contribution in [2.45, 2.75) is 0 Å². The summed E-state index contributed by atoms with van der Waals surface area (Å²) in [5.41, 5.74) is 0.960. The number of nitrogens with zero attached hydrogens (tertiary/aromatic N) is 1. The average Bonchev–Trinajstić information content (AvgIpc) is 2.65. The molecular formula is C19H17ClN2O4. The van der Waals surface area contributed by atoms with Crippen LogP contribution in [0.5, 0.6) is 17.2 Å². The molecule has 0 atom stereocenters. The summed E-state index contributed by atoms with van der Waals surface area (Å²) in [7, 11) is 4.48. The number of anilines is 1. The monoisotopic (exact) mass is 372 g/mol. The fraction of sp³-hybridized carbons (Fsp3) is 0.158. The van der Waals surface area contributed by atoms with Crippen molar-refractivity contribution in [3.05, 3.63) is 52.6 Å². The van der Waals surface area contributed by atoms with Gasteiger partial charge >= 0.3 is 0 Å². The lowest BCUT2D eigenvalue weighted by molar-refractivity contribution is -0.112. The third kappa shape index (κ3) is 4.47. The van der Waals surface area contributed by atoms with Crippen molar-refractivity contribution in [1.29, 1.82) is 5.26 Å². The van der Waals surface area contributed by atoms with Gasteiger partial charge in [0.1, 0.15) is 17.4 Å². The van der Waals surface area contributed by atoms with Crippen molar-refractivity contribution in [2.24, 2.45) is 0 Å². The van der Waals surface area contributed by atoms with E-state index in [0.717, 1.165) is 0 Å². The molecule has 0 unspecified atom stereocenters.